The maximum Gasteiger partial charge on any atom is 0.263 e. The summed E-state index contributed by atoms with van der Waals surface area (Å²) in [6.45, 7) is 6.07. The summed E-state index contributed by atoms with van der Waals surface area (Å²) >= 11 is 12.8. The molecule has 0 amide bonds. The van der Waals surface area contributed by atoms with Crippen LogP contribution in [0.5, 0.6) is 0 Å². The molecule has 1 aromatic carbocycles. The highest BCUT2D eigenvalue weighted by molar-refractivity contribution is 7.71. The first-order valence-corrected chi connectivity index (χ1v) is 8.26. The summed E-state index contributed by atoms with van der Waals surface area (Å²) in [6.07, 6.45) is 1.66. The Balaban J connectivity index is 2.40. The predicted octanol–water partition coefficient (Wildman–Crippen LogP) is 4.94. The molecule has 3 rings (SSSR count). The lowest BCUT2D eigenvalue weighted by Crippen LogP contribution is -2.21. The minimum Gasteiger partial charge on any atom is -0.323 e. The zero-order valence-electron chi connectivity index (χ0n) is 11.9. The number of allylic oxidation sites excluding steroid dienone is 1. The molecule has 3 aromatic rings. The Bertz CT molecular complexity index is 980. The molecular weight excluding hydrogens is 336 g/mol. The molecule has 0 unspecified atom stereocenters. The fourth-order valence-electron chi connectivity index (χ4n) is 2.49. The van der Waals surface area contributed by atoms with E-state index in [1.807, 2.05) is 31.2 Å². The van der Waals surface area contributed by atoms with E-state index in [1.54, 1.807) is 6.08 Å². The first-order valence-electron chi connectivity index (χ1n) is 6.66. The van der Waals surface area contributed by atoms with Crippen LogP contribution in [-0.4, -0.2) is 9.55 Å². The molecule has 0 radical (unpaired) electrons. The number of aromatic amines is 1. The summed E-state index contributed by atoms with van der Waals surface area (Å²) in [7, 11) is 0. The lowest BCUT2D eigenvalue weighted by atomic mass is 10.0. The van der Waals surface area contributed by atoms with Crippen LogP contribution in [0.2, 0.25) is 5.02 Å². The van der Waals surface area contributed by atoms with E-state index >= 15 is 0 Å². The van der Waals surface area contributed by atoms with Gasteiger partial charge in [-0.2, -0.15) is 0 Å². The Morgan fingerprint density at radius 1 is 1.41 bits per heavy atom. The van der Waals surface area contributed by atoms with E-state index in [0.717, 1.165) is 20.8 Å². The van der Waals surface area contributed by atoms with E-state index in [-0.39, 0.29) is 5.56 Å². The molecule has 0 aliphatic rings. The molecule has 0 saturated heterocycles. The third-order valence-electron chi connectivity index (χ3n) is 3.45. The van der Waals surface area contributed by atoms with Gasteiger partial charge in [0.1, 0.15) is 4.83 Å². The van der Waals surface area contributed by atoms with Crippen molar-refractivity contribution in [1.29, 1.82) is 0 Å². The molecule has 0 fully saturated rings. The van der Waals surface area contributed by atoms with Crippen LogP contribution in [0.15, 0.2) is 41.7 Å². The van der Waals surface area contributed by atoms with Crippen LogP contribution in [0.25, 0.3) is 21.3 Å². The lowest BCUT2D eigenvalue weighted by Gasteiger charge is -2.05. The van der Waals surface area contributed by atoms with Gasteiger partial charge in [0.2, 0.25) is 0 Å². The molecule has 3 nitrogen and oxygen atoms in total. The Kier molecular flexibility index (Phi) is 4.04. The molecule has 0 atom stereocenters. The van der Waals surface area contributed by atoms with E-state index in [4.69, 9.17) is 23.8 Å². The molecule has 0 saturated carbocycles. The number of hydrogen-bond donors (Lipinski definition) is 1. The highest BCUT2D eigenvalue weighted by Gasteiger charge is 2.16. The third-order valence-corrected chi connectivity index (χ3v) is 5.05. The van der Waals surface area contributed by atoms with Gasteiger partial charge in [-0.15, -0.1) is 17.9 Å². The minimum absolute atomic E-state index is 0.0899. The molecule has 0 bridgehead atoms. The van der Waals surface area contributed by atoms with Crippen molar-refractivity contribution in [1.82, 2.24) is 9.55 Å². The fraction of sp³-hybridized carbons (Fsp3) is 0.125. The summed E-state index contributed by atoms with van der Waals surface area (Å²) in [4.78, 5) is 17.8. The van der Waals surface area contributed by atoms with Crippen molar-refractivity contribution >= 4 is 45.4 Å². The molecule has 0 spiro atoms. The van der Waals surface area contributed by atoms with E-state index in [0.29, 0.717) is 21.7 Å². The maximum atomic E-state index is 12.8. The molecule has 0 aliphatic carbocycles. The van der Waals surface area contributed by atoms with Gasteiger partial charge in [-0.1, -0.05) is 29.8 Å². The van der Waals surface area contributed by atoms with Crippen LogP contribution in [0.4, 0.5) is 0 Å². The number of nitrogens with one attached hydrogen (secondary N) is 1. The van der Waals surface area contributed by atoms with E-state index < -0.39 is 0 Å². The normalized spacial score (nSPS) is 11.0. The molecular formula is C16H13ClN2OS2. The van der Waals surface area contributed by atoms with Gasteiger partial charge in [0, 0.05) is 22.0 Å². The second-order valence-corrected chi connectivity index (χ2v) is 6.93. The largest absolute Gasteiger partial charge is 0.323 e. The average Bonchev–Trinajstić information content (AvgIpc) is 2.80. The monoisotopic (exact) mass is 348 g/mol. The SMILES string of the molecule is C=CCn1c(=S)[nH]c2sc(C)c(-c3ccc(Cl)cc3)c2c1=O. The number of nitrogens with zero attached hydrogens (tertiary/aromatic N) is 1. The number of hydrogen-bond acceptors (Lipinski definition) is 3. The summed E-state index contributed by atoms with van der Waals surface area (Å²) in [6, 6.07) is 7.51. The molecule has 1 N–H and O–H groups in total. The Labute approximate surface area is 141 Å². The average molecular weight is 349 g/mol. The van der Waals surface area contributed by atoms with Crippen LogP contribution in [0.1, 0.15) is 4.88 Å². The third kappa shape index (κ3) is 2.45. The number of aromatic nitrogens is 2. The predicted molar refractivity (Wildman–Crippen MR) is 96.6 cm³/mol. The topological polar surface area (TPSA) is 37.8 Å². The number of benzene rings is 1. The van der Waals surface area contributed by atoms with Gasteiger partial charge in [0.25, 0.3) is 5.56 Å². The summed E-state index contributed by atoms with van der Waals surface area (Å²) in [5, 5.41) is 1.34. The van der Waals surface area contributed by atoms with E-state index in [1.165, 1.54) is 15.9 Å². The highest BCUT2D eigenvalue weighted by atomic mass is 35.5. The second kappa shape index (κ2) is 5.83. The van der Waals surface area contributed by atoms with Gasteiger partial charge in [-0.05, 0) is 36.8 Å². The van der Waals surface area contributed by atoms with Crippen molar-refractivity contribution in [2.45, 2.75) is 13.5 Å². The van der Waals surface area contributed by atoms with Gasteiger partial charge < -0.3 is 4.98 Å². The fourth-order valence-corrected chi connectivity index (χ4v) is 4.01. The zero-order valence-corrected chi connectivity index (χ0v) is 14.2. The molecule has 6 heteroatoms. The number of H-pyrrole nitrogens is 1. The highest BCUT2D eigenvalue weighted by Crippen LogP contribution is 2.35. The van der Waals surface area contributed by atoms with Gasteiger partial charge in [0.15, 0.2) is 4.77 Å². The molecule has 112 valence electrons. The number of rotatable bonds is 3. The van der Waals surface area contributed by atoms with Crippen LogP contribution in [0, 0.1) is 11.7 Å². The summed E-state index contributed by atoms with van der Waals surface area (Å²) < 4.78 is 1.94. The molecule has 2 heterocycles. The Morgan fingerprint density at radius 3 is 2.73 bits per heavy atom. The van der Waals surface area contributed by atoms with Crippen LogP contribution in [0.3, 0.4) is 0 Å². The molecule has 2 aromatic heterocycles. The first kappa shape index (κ1) is 15.2. The van der Waals surface area contributed by atoms with Gasteiger partial charge in [0.05, 0.1) is 5.39 Å². The van der Waals surface area contributed by atoms with Crippen LogP contribution in [-0.2, 0) is 6.54 Å². The standard InChI is InChI=1S/C16H13ClN2OS2/c1-3-8-19-15(20)13-12(10-4-6-11(17)7-5-10)9(2)22-14(13)18-16(19)21/h3-7H,1,8H2,2H3,(H,18,21). The smallest absolute Gasteiger partial charge is 0.263 e. The zero-order chi connectivity index (χ0) is 15.9. The quantitative estimate of drug-likeness (QED) is 0.538. The minimum atomic E-state index is -0.0899. The first-order chi connectivity index (χ1) is 10.5. The number of aryl methyl sites for hydroxylation is 1. The van der Waals surface area contributed by atoms with E-state index in [2.05, 4.69) is 11.6 Å². The van der Waals surface area contributed by atoms with Crippen molar-refractivity contribution in [2.75, 3.05) is 0 Å². The Hall–Kier alpha value is -1.69. The van der Waals surface area contributed by atoms with Crippen molar-refractivity contribution in [2.24, 2.45) is 0 Å². The molecule has 22 heavy (non-hydrogen) atoms. The van der Waals surface area contributed by atoms with E-state index in [9.17, 15) is 4.79 Å². The van der Waals surface area contributed by atoms with Crippen molar-refractivity contribution in [3.05, 3.63) is 61.9 Å². The van der Waals surface area contributed by atoms with Crippen LogP contribution >= 0.6 is 35.2 Å². The summed E-state index contributed by atoms with van der Waals surface area (Å²) in [5.41, 5.74) is 1.82. The van der Waals surface area contributed by atoms with Crippen LogP contribution < -0.4 is 5.56 Å². The second-order valence-electron chi connectivity index (χ2n) is 4.88. The van der Waals surface area contributed by atoms with Crippen molar-refractivity contribution in [3.63, 3.8) is 0 Å². The number of thiophene rings is 1. The molecule has 0 aliphatic heterocycles. The lowest BCUT2D eigenvalue weighted by molar-refractivity contribution is 0.754. The van der Waals surface area contributed by atoms with Crippen molar-refractivity contribution < 1.29 is 0 Å². The summed E-state index contributed by atoms with van der Waals surface area (Å²) in [5.74, 6) is 0. The number of halogens is 1. The van der Waals surface area contributed by atoms with Gasteiger partial charge in [-0.3, -0.25) is 9.36 Å². The van der Waals surface area contributed by atoms with Gasteiger partial charge in [-0.25, -0.2) is 0 Å². The Morgan fingerprint density at radius 2 is 2.09 bits per heavy atom. The maximum absolute atomic E-state index is 12.8. The number of fused-ring (bicyclic) bond motifs is 1. The van der Waals surface area contributed by atoms with Gasteiger partial charge >= 0.3 is 0 Å². The van der Waals surface area contributed by atoms with Crippen molar-refractivity contribution in [3.8, 4) is 11.1 Å².